The second kappa shape index (κ2) is 4.94. The summed E-state index contributed by atoms with van der Waals surface area (Å²) in [5.41, 5.74) is 0.801. The topological polar surface area (TPSA) is 87.3 Å². The molecule has 0 aliphatic rings. The average molecular weight is 241 g/mol. The normalized spacial score (nSPS) is 12.2. The molecule has 1 atom stereocenters. The summed E-state index contributed by atoms with van der Waals surface area (Å²) in [4.78, 5) is 21.6. The van der Waals surface area contributed by atoms with Crippen LogP contribution in [0.3, 0.4) is 0 Å². The fraction of sp³-hybridized carbons (Fsp3) is 0.600. The predicted octanol–water partition coefficient (Wildman–Crippen LogP) is 1.22. The summed E-state index contributed by atoms with van der Waals surface area (Å²) in [6, 6.07) is 0. The highest BCUT2D eigenvalue weighted by Gasteiger charge is 2.24. The van der Waals surface area contributed by atoms with E-state index in [1.54, 1.807) is 20.8 Å². The molecule has 0 aliphatic carbocycles. The minimum Gasteiger partial charge on any atom is -0.469 e. The first-order chi connectivity index (χ1) is 7.88. The van der Waals surface area contributed by atoms with Crippen molar-refractivity contribution in [1.29, 1.82) is 0 Å². The Morgan fingerprint density at radius 2 is 2.18 bits per heavy atom. The van der Waals surface area contributed by atoms with Crippen LogP contribution in [-0.2, 0) is 16.1 Å². The van der Waals surface area contributed by atoms with Crippen LogP contribution in [0.2, 0.25) is 0 Å². The Bertz CT molecular complexity index is 453. The van der Waals surface area contributed by atoms with Crippen LogP contribution in [0.15, 0.2) is 0 Å². The summed E-state index contributed by atoms with van der Waals surface area (Å²) in [6.07, 6.45) is 0. The SMILES string of the molecule is COC(=O)C(C)Cn1nc(C)c([N+](=O)[O-])c1C. The third-order valence-electron chi connectivity index (χ3n) is 2.58. The summed E-state index contributed by atoms with van der Waals surface area (Å²) in [6.45, 7) is 5.15. The maximum absolute atomic E-state index is 11.3. The van der Waals surface area contributed by atoms with E-state index in [4.69, 9.17) is 0 Å². The van der Waals surface area contributed by atoms with Gasteiger partial charge >= 0.3 is 11.7 Å². The molecule has 1 aromatic heterocycles. The Balaban J connectivity index is 2.97. The van der Waals surface area contributed by atoms with E-state index >= 15 is 0 Å². The van der Waals surface area contributed by atoms with Crippen molar-refractivity contribution in [2.24, 2.45) is 5.92 Å². The van der Waals surface area contributed by atoms with Crippen molar-refractivity contribution >= 4 is 11.7 Å². The zero-order valence-electron chi connectivity index (χ0n) is 10.3. The number of aromatic nitrogens is 2. The first-order valence-corrected chi connectivity index (χ1v) is 5.14. The quantitative estimate of drug-likeness (QED) is 0.449. The van der Waals surface area contributed by atoms with Crippen LogP contribution >= 0.6 is 0 Å². The number of ether oxygens (including phenoxy) is 1. The van der Waals surface area contributed by atoms with Crippen LogP contribution in [0, 0.1) is 29.9 Å². The van der Waals surface area contributed by atoms with Gasteiger partial charge in [0.2, 0.25) is 0 Å². The van der Waals surface area contributed by atoms with Crippen molar-refractivity contribution in [1.82, 2.24) is 9.78 Å². The summed E-state index contributed by atoms with van der Waals surface area (Å²) in [5.74, 6) is -0.752. The monoisotopic (exact) mass is 241 g/mol. The van der Waals surface area contributed by atoms with Crippen LogP contribution in [0.25, 0.3) is 0 Å². The van der Waals surface area contributed by atoms with Gasteiger partial charge < -0.3 is 4.74 Å². The molecule has 0 amide bonds. The van der Waals surface area contributed by atoms with Crippen molar-refractivity contribution in [2.45, 2.75) is 27.3 Å². The summed E-state index contributed by atoms with van der Waals surface area (Å²) in [5, 5.41) is 14.8. The molecule has 1 rings (SSSR count). The van der Waals surface area contributed by atoms with Crippen molar-refractivity contribution in [3.8, 4) is 0 Å². The second-order valence-corrected chi connectivity index (χ2v) is 3.88. The highest BCUT2D eigenvalue weighted by atomic mass is 16.6. The molecule has 0 aromatic carbocycles. The lowest BCUT2D eigenvalue weighted by atomic mass is 10.2. The third-order valence-corrected chi connectivity index (χ3v) is 2.58. The number of rotatable bonds is 4. The fourth-order valence-corrected chi connectivity index (χ4v) is 1.66. The van der Waals surface area contributed by atoms with E-state index in [1.807, 2.05) is 0 Å². The first-order valence-electron chi connectivity index (χ1n) is 5.14. The largest absolute Gasteiger partial charge is 0.469 e. The summed E-state index contributed by atoms with van der Waals surface area (Å²) < 4.78 is 6.06. The Morgan fingerprint density at radius 1 is 1.59 bits per heavy atom. The molecule has 0 aliphatic heterocycles. The van der Waals surface area contributed by atoms with E-state index in [9.17, 15) is 14.9 Å². The molecule has 0 fully saturated rings. The van der Waals surface area contributed by atoms with Crippen LogP contribution < -0.4 is 0 Å². The maximum atomic E-state index is 11.3. The van der Waals surface area contributed by atoms with Crippen LogP contribution in [-0.4, -0.2) is 27.8 Å². The summed E-state index contributed by atoms with van der Waals surface area (Å²) >= 11 is 0. The van der Waals surface area contributed by atoms with Gasteiger partial charge in [0.25, 0.3) is 0 Å². The van der Waals surface area contributed by atoms with Crippen molar-refractivity contribution < 1.29 is 14.5 Å². The predicted molar refractivity (Wildman–Crippen MR) is 59.5 cm³/mol. The highest BCUT2D eigenvalue weighted by molar-refractivity contribution is 5.71. The number of carbonyl (C=O) groups is 1. The van der Waals surface area contributed by atoms with Gasteiger partial charge in [-0.3, -0.25) is 19.6 Å². The van der Waals surface area contributed by atoms with Crippen LogP contribution in [0.1, 0.15) is 18.3 Å². The molecule has 7 nitrogen and oxygen atoms in total. The van der Waals surface area contributed by atoms with E-state index in [-0.39, 0.29) is 18.2 Å². The molecular weight excluding hydrogens is 226 g/mol. The molecule has 0 spiro atoms. The third kappa shape index (κ3) is 2.61. The standard InChI is InChI=1S/C10H15N3O4/c1-6(10(14)17-4)5-12-8(3)9(13(15)16)7(2)11-12/h6H,5H2,1-4H3. The number of nitrogens with zero attached hydrogens (tertiary/aromatic N) is 3. The van der Waals surface area contributed by atoms with Gasteiger partial charge in [-0.1, -0.05) is 6.92 Å². The van der Waals surface area contributed by atoms with Crippen molar-refractivity contribution in [3.05, 3.63) is 21.5 Å². The Kier molecular flexibility index (Phi) is 3.82. The molecule has 17 heavy (non-hydrogen) atoms. The van der Waals surface area contributed by atoms with E-state index in [0.29, 0.717) is 11.4 Å². The number of nitro groups is 1. The average Bonchev–Trinajstić information content (AvgIpc) is 2.52. The molecule has 1 aromatic rings. The minimum absolute atomic E-state index is 0.00191. The van der Waals surface area contributed by atoms with E-state index < -0.39 is 10.8 Å². The Morgan fingerprint density at radius 3 is 2.59 bits per heavy atom. The first kappa shape index (κ1) is 13.1. The van der Waals surface area contributed by atoms with Crippen molar-refractivity contribution in [3.63, 3.8) is 0 Å². The fourth-order valence-electron chi connectivity index (χ4n) is 1.66. The van der Waals surface area contributed by atoms with Crippen LogP contribution in [0.4, 0.5) is 5.69 Å². The Hall–Kier alpha value is -1.92. The smallest absolute Gasteiger partial charge is 0.312 e. The van der Waals surface area contributed by atoms with E-state index in [0.717, 1.165) is 0 Å². The van der Waals surface area contributed by atoms with Crippen LogP contribution in [0.5, 0.6) is 0 Å². The van der Waals surface area contributed by atoms with Gasteiger partial charge in [-0.05, 0) is 13.8 Å². The molecule has 0 N–H and O–H groups in total. The molecule has 94 valence electrons. The maximum Gasteiger partial charge on any atom is 0.312 e. The van der Waals surface area contributed by atoms with E-state index in [1.165, 1.54) is 11.8 Å². The van der Waals surface area contributed by atoms with Gasteiger partial charge in [0, 0.05) is 0 Å². The minimum atomic E-state index is -0.461. The van der Waals surface area contributed by atoms with Gasteiger partial charge in [0.05, 0.1) is 24.5 Å². The molecule has 1 unspecified atom stereocenters. The molecular formula is C10H15N3O4. The lowest BCUT2D eigenvalue weighted by Crippen LogP contribution is -2.20. The number of methoxy groups -OCH3 is 1. The molecule has 1 heterocycles. The zero-order chi connectivity index (χ0) is 13.2. The summed E-state index contributed by atoms with van der Waals surface area (Å²) in [7, 11) is 1.31. The van der Waals surface area contributed by atoms with Gasteiger partial charge in [-0.25, -0.2) is 0 Å². The molecule has 0 saturated heterocycles. The Labute approximate surface area is 98.5 Å². The molecule has 7 heteroatoms. The number of esters is 1. The lowest BCUT2D eigenvalue weighted by Gasteiger charge is -2.09. The number of carbonyl (C=O) groups excluding carboxylic acids is 1. The molecule has 0 radical (unpaired) electrons. The van der Waals surface area contributed by atoms with Crippen molar-refractivity contribution in [2.75, 3.05) is 7.11 Å². The number of hydrogen-bond acceptors (Lipinski definition) is 5. The van der Waals surface area contributed by atoms with E-state index in [2.05, 4.69) is 9.84 Å². The number of hydrogen-bond donors (Lipinski definition) is 0. The second-order valence-electron chi connectivity index (χ2n) is 3.88. The number of aryl methyl sites for hydroxylation is 1. The zero-order valence-corrected chi connectivity index (χ0v) is 10.3. The van der Waals surface area contributed by atoms with Gasteiger partial charge in [0.15, 0.2) is 0 Å². The molecule has 0 bridgehead atoms. The van der Waals surface area contributed by atoms with Gasteiger partial charge in [-0.15, -0.1) is 0 Å². The molecule has 0 saturated carbocycles. The lowest BCUT2D eigenvalue weighted by molar-refractivity contribution is -0.386. The van der Waals surface area contributed by atoms with Gasteiger partial charge in [-0.2, -0.15) is 5.10 Å². The van der Waals surface area contributed by atoms with Gasteiger partial charge in [0.1, 0.15) is 11.4 Å². The highest BCUT2D eigenvalue weighted by Crippen LogP contribution is 2.22.